The number of aromatic nitrogens is 1. The van der Waals surface area contributed by atoms with Crippen LogP contribution in [-0.4, -0.2) is 42.7 Å². The van der Waals surface area contributed by atoms with Gasteiger partial charge in [0.1, 0.15) is 5.76 Å². The van der Waals surface area contributed by atoms with Crippen molar-refractivity contribution < 1.29 is 4.52 Å². The lowest BCUT2D eigenvalue weighted by Gasteiger charge is -2.29. The monoisotopic (exact) mass is 417 g/mol. The molecule has 1 atom stereocenters. The van der Waals surface area contributed by atoms with E-state index in [9.17, 15) is 0 Å². The molecular formula is C22H32ClN5O. The van der Waals surface area contributed by atoms with E-state index in [1.54, 1.807) is 7.05 Å². The number of nitrogens with one attached hydrogen (secondary N) is 2. The Labute approximate surface area is 178 Å². The highest BCUT2D eigenvalue weighted by molar-refractivity contribution is 6.30. The highest BCUT2D eigenvalue weighted by atomic mass is 35.5. The van der Waals surface area contributed by atoms with Crippen LogP contribution in [0.15, 0.2) is 33.8 Å². The molecule has 0 bridgehead atoms. The van der Waals surface area contributed by atoms with Gasteiger partial charge < -0.3 is 15.2 Å². The number of hydrogen-bond donors (Lipinski definition) is 2. The van der Waals surface area contributed by atoms with Gasteiger partial charge in [-0.3, -0.25) is 9.89 Å². The summed E-state index contributed by atoms with van der Waals surface area (Å²) in [5.74, 6) is 1.72. The van der Waals surface area contributed by atoms with E-state index in [2.05, 4.69) is 51.7 Å². The van der Waals surface area contributed by atoms with Crippen molar-refractivity contribution in [1.29, 1.82) is 0 Å². The second kappa shape index (κ2) is 10.6. The third-order valence-corrected chi connectivity index (χ3v) is 5.78. The van der Waals surface area contributed by atoms with Crippen molar-refractivity contribution in [2.45, 2.75) is 52.1 Å². The van der Waals surface area contributed by atoms with Crippen LogP contribution in [0, 0.1) is 0 Å². The molecule has 2 aromatic rings. The van der Waals surface area contributed by atoms with Crippen molar-refractivity contribution in [3.05, 3.63) is 51.9 Å². The number of nitrogens with zero attached hydrogens (tertiary/aromatic N) is 3. The molecule has 7 heteroatoms. The van der Waals surface area contributed by atoms with Gasteiger partial charge in [0, 0.05) is 37.1 Å². The van der Waals surface area contributed by atoms with Gasteiger partial charge in [-0.05, 0) is 50.0 Å². The summed E-state index contributed by atoms with van der Waals surface area (Å²) in [5.41, 5.74) is 3.39. The summed E-state index contributed by atoms with van der Waals surface area (Å²) in [7, 11) is 1.80. The maximum atomic E-state index is 6.26. The molecule has 1 unspecified atom stereocenters. The number of rotatable bonds is 8. The molecular weight excluding hydrogens is 386 g/mol. The van der Waals surface area contributed by atoms with Crippen molar-refractivity contribution in [3.63, 3.8) is 0 Å². The maximum absolute atomic E-state index is 6.26. The first-order chi connectivity index (χ1) is 14.2. The van der Waals surface area contributed by atoms with Gasteiger partial charge in [-0.25, -0.2) is 0 Å². The van der Waals surface area contributed by atoms with E-state index in [-0.39, 0.29) is 6.04 Å². The minimum absolute atomic E-state index is 0.266. The molecule has 2 N–H and O–H groups in total. The topological polar surface area (TPSA) is 65.7 Å². The molecule has 1 saturated heterocycles. The molecule has 1 fully saturated rings. The van der Waals surface area contributed by atoms with E-state index in [1.807, 2.05) is 12.1 Å². The lowest BCUT2D eigenvalue weighted by Crippen LogP contribution is -2.42. The van der Waals surface area contributed by atoms with Gasteiger partial charge in [0.2, 0.25) is 0 Å². The first-order valence-electron chi connectivity index (χ1n) is 10.6. The predicted molar refractivity (Wildman–Crippen MR) is 118 cm³/mol. The molecule has 158 valence electrons. The molecule has 1 aliphatic heterocycles. The normalized spacial score (nSPS) is 16.2. The number of guanidine groups is 1. The second-order valence-electron chi connectivity index (χ2n) is 7.36. The third kappa shape index (κ3) is 5.52. The van der Waals surface area contributed by atoms with Crippen LogP contribution in [0.1, 0.15) is 55.3 Å². The van der Waals surface area contributed by atoms with Gasteiger partial charge in [0.25, 0.3) is 0 Å². The Hall–Kier alpha value is -2.05. The van der Waals surface area contributed by atoms with Gasteiger partial charge in [-0.15, -0.1) is 0 Å². The smallest absolute Gasteiger partial charge is 0.191 e. The van der Waals surface area contributed by atoms with Gasteiger partial charge in [0.05, 0.1) is 11.7 Å². The molecule has 0 aliphatic carbocycles. The Morgan fingerprint density at radius 3 is 2.69 bits per heavy atom. The fourth-order valence-corrected chi connectivity index (χ4v) is 4.15. The summed E-state index contributed by atoms with van der Waals surface area (Å²) in [6, 6.07) is 8.45. The van der Waals surface area contributed by atoms with Crippen molar-refractivity contribution in [3.8, 4) is 0 Å². The van der Waals surface area contributed by atoms with Crippen LogP contribution in [0.3, 0.4) is 0 Å². The van der Waals surface area contributed by atoms with Gasteiger partial charge in [-0.1, -0.05) is 42.7 Å². The Morgan fingerprint density at radius 1 is 1.24 bits per heavy atom. The molecule has 6 nitrogen and oxygen atoms in total. The number of hydrogen-bond acceptors (Lipinski definition) is 4. The fourth-order valence-electron chi connectivity index (χ4n) is 3.95. The molecule has 29 heavy (non-hydrogen) atoms. The van der Waals surface area contributed by atoms with Gasteiger partial charge >= 0.3 is 0 Å². The third-order valence-electron chi connectivity index (χ3n) is 5.54. The molecule has 0 spiro atoms. The number of likely N-dealkylation sites (tertiary alicyclic amines) is 1. The molecule has 1 aliphatic rings. The summed E-state index contributed by atoms with van der Waals surface area (Å²) in [4.78, 5) is 6.93. The van der Waals surface area contributed by atoms with Crippen LogP contribution in [0.5, 0.6) is 0 Å². The van der Waals surface area contributed by atoms with Crippen LogP contribution in [0.4, 0.5) is 0 Å². The zero-order chi connectivity index (χ0) is 20.6. The molecule has 0 amide bonds. The van der Waals surface area contributed by atoms with Gasteiger partial charge in [0.15, 0.2) is 5.96 Å². The zero-order valence-electron chi connectivity index (χ0n) is 17.7. The molecule has 0 radical (unpaired) electrons. The Morgan fingerprint density at radius 2 is 2.03 bits per heavy atom. The minimum atomic E-state index is 0.266. The van der Waals surface area contributed by atoms with Crippen molar-refractivity contribution in [1.82, 2.24) is 20.7 Å². The quantitative estimate of drug-likeness (QED) is 0.502. The predicted octanol–water partition coefficient (Wildman–Crippen LogP) is 3.95. The largest absolute Gasteiger partial charge is 0.361 e. The summed E-state index contributed by atoms with van der Waals surface area (Å²) >= 11 is 6.26. The number of aryl methyl sites for hydroxylation is 2. The van der Waals surface area contributed by atoms with Crippen LogP contribution in [0.25, 0.3) is 0 Å². The summed E-state index contributed by atoms with van der Waals surface area (Å²) in [5, 5.41) is 11.9. The fraction of sp³-hybridized carbons (Fsp3) is 0.545. The minimum Gasteiger partial charge on any atom is -0.361 e. The molecule has 2 heterocycles. The molecule has 3 rings (SSSR count). The van der Waals surface area contributed by atoms with E-state index in [4.69, 9.17) is 16.1 Å². The Bertz CT molecular complexity index is 792. The number of benzene rings is 1. The van der Waals surface area contributed by atoms with Gasteiger partial charge in [-0.2, -0.15) is 0 Å². The second-order valence-corrected chi connectivity index (χ2v) is 7.80. The average Bonchev–Trinajstić information content (AvgIpc) is 3.40. The molecule has 1 aromatic heterocycles. The van der Waals surface area contributed by atoms with E-state index in [0.717, 1.165) is 60.5 Å². The standard InChI is InChI=1S/C22H32ClN5O/c1-4-19-18(21(5-2)29-27-19)14-25-22(24-3)26-15-20(28-11-6-7-12-28)16-9-8-10-17(23)13-16/h8-10,13,20H,4-7,11-12,14-15H2,1-3H3,(H2,24,25,26). The van der Waals surface area contributed by atoms with Crippen molar-refractivity contribution >= 4 is 17.6 Å². The molecule has 0 saturated carbocycles. The Kier molecular flexibility index (Phi) is 7.95. The van der Waals surface area contributed by atoms with Crippen LogP contribution in [-0.2, 0) is 19.4 Å². The summed E-state index contributed by atoms with van der Waals surface area (Å²) in [6.07, 6.45) is 4.19. The van der Waals surface area contributed by atoms with E-state index < -0.39 is 0 Å². The number of aliphatic imine (C=N–C) groups is 1. The Balaban J connectivity index is 1.65. The average molecular weight is 418 g/mol. The maximum Gasteiger partial charge on any atom is 0.191 e. The van der Waals surface area contributed by atoms with Crippen LogP contribution < -0.4 is 10.6 Å². The van der Waals surface area contributed by atoms with Crippen molar-refractivity contribution in [2.24, 2.45) is 4.99 Å². The first-order valence-corrected chi connectivity index (χ1v) is 10.9. The highest BCUT2D eigenvalue weighted by Crippen LogP contribution is 2.26. The summed E-state index contributed by atoms with van der Waals surface area (Å²) in [6.45, 7) is 7.84. The van der Waals surface area contributed by atoms with E-state index in [1.165, 1.54) is 18.4 Å². The first kappa shape index (κ1) is 21.7. The number of halogens is 1. The summed E-state index contributed by atoms with van der Waals surface area (Å²) < 4.78 is 5.47. The lowest BCUT2D eigenvalue weighted by atomic mass is 10.1. The van der Waals surface area contributed by atoms with Crippen LogP contribution >= 0.6 is 11.6 Å². The van der Waals surface area contributed by atoms with E-state index in [0.29, 0.717) is 6.54 Å². The van der Waals surface area contributed by atoms with Crippen molar-refractivity contribution in [2.75, 3.05) is 26.7 Å². The zero-order valence-corrected chi connectivity index (χ0v) is 18.4. The van der Waals surface area contributed by atoms with E-state index >= 15 is 0 Å². The SMILES string of the molecule is CCc1noc(CC)c1CNC(=NC)NCC(c1cccc(Cl)c1)N1CCCC1. The highest BCUT2D eigenvalue weighted by Gasteiger charge is 2.24. The molecule has 1 aromatic carbocycles. The van der Waals surface area contributed by atoms with Crippen LogP contribution in [0.2, 0.25) is 5.02 Å². The lowest BCUT2D eigenvalue weighted by molar-refractivity contribution is 0.245.